The predicted molar refractivity (Wildman–Crippen MR) is 29.7 cm³/mol. The molecule has 0 spiro atoms. The molecule has 48 valence electrons. The highest BCUT2D eigenvalue weighted by Crippen LogP contribution is 2.01. The molecule has 0 N–H and O–H groups in total. The van der Waals surface area contributed by atoms with Crippen molar-refractivity contribution in [3.05, 3.63) is 17.1 Å². The van der Waals surface area contributed by atoms with Gasteiger partial charge >= 0.3 is 0 Å². The van der Waals surface area contributed by atoms with Crippen molar-refractivity contribution in [1.29, 1.82) is 0 Å². The van der Waals surface area contributed by atoms with Gasteiger partial charge in [-0.2, -0.15) is 0 Å². The molecular formula is C5H5NO3. The first-order valence-electron chi connectivity index (χ1n) is 2.48. The Labute approximate surface area is 51.5 Å². The van der Waals surface area contributed by atoms with Gasteiger partial charge in [0.25, 0.3) is 0 Å². The number of hydrogen-bond donors (Lipinski definition) is 0. The lowest BCUT2D eigenvalue weighted by Crippen LogP contribution is -2.18. The number of ether oxygens (including phenoxy) is 1. The molecule has 0 fully saturated rings. The number of nitrogens with zero attached hydrogens (tertiary/aromatic N) is 1. The van der Waals surface area contributed by atoms with E-state index < -0.39 is 6.23 Å². The van der Waals surface area contributed by atoms with E-state index in [0.717, 1.165) is 0 Å². The molecule has 1 aliphatic rings. The maximum absolute atomic E-state index is 10.4. The van der Waals surface area contributed by atoms with Crippen LogP contribution in [-0.4, -0.2) is 18.6 Å². The van der Waals surface area contributed by atoms with Gasteiger partial charge in [-0.05, 0) is 17.3 Å². The van der Waals surface area contributed by atoms with Crippen LogP contribution in [0.2, 0.25) is 0 Å². The van der Waals surface area contributed by atoms with Gasteiger partial charge in [-0.25, -0.2) is 0 Å². The second-order valence-corrected chi connectivity index (χ2v) is 1.63. The van der Waals surface area contributed by atoms with E-state index in [0.29, 0.717) is 0 Å². The van der Waals surface area contributed by atoms with E-state index in [1.807, 2.05) is 0 Å². The fraction of sp³-hybridized carbons (Fsp3) is 0.400. The van der Waals surface area contributed by atoms with Crippen molar-refractivity contribution < 1.29 is 9.53 Å². The number of ketones is 1. The molecule has 0 saturated heterocycles. The summed E-state index contributed by atoms with van der Waals surface area (Å²) in [5.74, 6) is -0.130. The lowest BCUT2D eigenvalue weighted by Gasteiger charge is -2.07. The van der Waals surface area contributed by atoms with Gasteiger partial charge in [0, 0.05) is 0 Å². The molecule has 1 rings (SSSR count). The van der Waals surface area contributed by atoms with Crippen molar-refractivity contribution in [3.8, 4) is 0 Å². The Bertz CT molecular complexity index is 164. The number of carbonyl (C=O) groups excluding carboxylic acids is 1. The van der Waals surface area contributed by atoms with E-state index in [4.69, 9.17) is 0 Å². The molecule has 1 heterocycles. The highest BCUT2D eigenvalue weighted by molar-refractivity contribution is 5.91. The van der Waals surface area contributed by atoms with Crippen LogP contribution >= 0.6 is 0 Å². The van der Waals surface area contributed by atoms with Gasteiger partial charge in [0.15, 0.2) is 5.78 Å². The zero-order valence-corrected chi connectivity index (χ0v) is 4.61. The van der Waals surface area contributed by atoms with Crippen LogP contribution < -0.4 is 0 Å². The van der Waals surface area contributed by atoms with Crippen LogP contribution in [0.3, 0.4) is 0 Å². The van der Waals surface area contributed by atoms with Crippen LogP contribution in [0, 0.1) is 4.91 Å². The molecule has 9 heavy (non-hydrogen) atoms. The minimum atomic E-state index is -0.761. The van der Waals surface area contributed by atoms with Crippen molar-refractivity contribution in [2.24, 2.45) is 5.18 Å². The topological polar surface area (TPSA) is 55.7 Å². The highest BCUT2D eigenvalue weighted by atomic mass is 16.5. The Balaban J connectivity index is 2.57. The molecule has 4 heteroatoms. The molecule has 0 aromatic heterocycles. The average Bonchev–Trinajstić information content (AvgIpc) is 1.90. The van der Waals surface area contributed by atoms with E-state index in [9.17, 15) is 9.70 Å². The van der Waals surface area contributed by atoms with E-state index in [1.165, 1.54) is 12.2 Å². The smallest absolute Gasteiger partial charge is 0.209 e. The van der Waals surface area contributed by atoms with Gasteiger partial charge in [0.05, 0.1) is 0 Å². The summed E-state index contributed by atoms with van der Waals surface area (Å²) < 4.78 is 4.62. The van der Waals surface area contributed by atoms with Crippen LogP contribution in [0.4, 0.5) is 0 Å². The number of carbonyl (C=O) groups is 1. The molecule has 1 aliphatic heterocycles. The third-order valence-corrected chi connectivity index (χ3v) is 0.947. The molecule has 1 atom stereocenters. The summed E-state index contributed by atoms with van der Waals surface area (Å²) in [6.45, 7) is -0.0348. The Morgan fingerprint density at radius 2 is 2.56 bits per heavy atom. The summed E-state index contributed by atoms with van der Waals surface area (Å²) in [5, 5.41) is 2.57. The van der Waals surface area contributed by atoms with E-state index in [2.05, 4.69) is 9.91 Å². The van der Waals surface area contributed by atoms with Crippen LogP contribution in [0.5, 0.6) is 0 Å². The molecule has 1 unspecified atom stereocenters. The zero-order valence-electron chi connectivity index (χ0n) is 4.61. The lowest BCUT2D eigenvalue weighted by molar-refractivity contribution is -0.121. The van der Waals surface area contributed by atoms with Gasteiger partial charge in [0.1, 0.15) is 6.61 Å². The fourth-order valence-electron chi connectivity index (χ4n) is 0.526. The van der Waals surface area contributed by atoms with Crippen LogP contribution in [0.25, 0.3) is 0 Å². The lowest BCUT2D eigenvalue weighted by atomic mass is 10.3. The first-order chi connectivity index (χ1) is 4.33. The molecular weight excluding hydrogens is 122 g/mol. The summed E-state index contributed by atoms with van der Waals surface area (Å²) in [5.41, 5.74) is 0. The van der Waals surface area contributed by atoms with Crippen LogP contribution in [0.1, 0.15) is 0 Å². The SMILES string of the molecule is O=NC1C=CC(=O)CO1. The summed E-state index contributed by atoms with van der Waals surface area (Å²) in [7, 11) is 0. The minimum absolute atomic E-state index is 0.0348. The molecule has 0 radical (unpaired) electrons. The number of rotatable bonds is 1. The quantitative estimate of drug-likeness (QED) is 0.474. The Morgan fingerprint density at radius 1 is 1.78 bits per heavy atom. The summed E-state index contributed by atoms with van der Waals surface area (Å²) in [4.78, 5) is 20.1. The maximum Gasteiger partial charge on any atom is 0.209 e. The van der Waals surface area contributed by atoms with E-state index in [-0.39, 0.29) is 12.4 Å². The van der Waals surface area contributed by atoms with Gasteiger partial charge < -0.3 is 4.74 Å². The van der Waals surface area contributed by atoms with Crippen LogP contribution in [0.15, 0.2) is 17.3 Å². The van der Waals surface area contributed by atoms with Gasteiger partial charge in [-0.15, -0.1) is 4.91 Å². The van der Waals surface area contributed by atoms with Gasteiger partial charge in [-0.1, -0.05) is 0 Å². The van der Waals surface area contributed by atoms with Crippen molar-refractivity contribution in [2.45, 2.75) is 6.23 Å². The molecule has 0 aliphatic carbocycles. The van der Waals surface area contributed by atoms with Gasteiger partial charge in [-0.3, -0.25) is 4.79 Å². The number of hydrogen-bond acceptors (Lipinski definition) is 4. The molecule has 0 aromatic rings. The average molecular weight is 127 g/mol. The molecule has 4 nitrogen and oxygen atoms in total. The first-order valence-corrected chi connectivity index (χ1v) is 2.48. The van der Waals surface area contributed by atoms with Gasteiger partial charge in [0.2, 0.25) is 6.23 Å². The Morgan fingerprint density at radius 3 is 3.00 bits per heavy atom. The second kappa shape index (κ2) is 2.50. The standard InChI is InChI=1S/C5H5NO3/c7-4-1-2-5(6-8)9-3-4/h1-2,5H,3H2. The van der Waals surface area contributed by atoms with E-state index >= 15 is 0 Å². The maximum atomic E-state index is 10.4. The first kappa shape index (κ1) is 6.10. The van der Waals surface area contributed by atoms with E-state index in [1.54, 1.807) is 0 Å². The highest BCUT2D eigenvalue weighted by Gasteiger charge is 2.11. The van der Waals surface area contributed by atoms with Crippen molar-refractivity contribution in [1.82, 2.24) is 0 Å². The van der Waals surface area contributed by atoms with Crippen molar-refractivity contribution in [3.63, 3.8) is 0 Å². The fourth-order valence-corrected chi connectivity index (χ4v) is 0.526. The van der Waals surface area contributed by atoms with Crippen molar-refractivity contribution >= 4 is 5.78 Å². The summed E-state index contributed by atoms with van der Waals surface area (Å²) in [6, 6.07) is 0. The third kappa shape index (κ3) is 1.43. The molecule has 0 saturated carbocycles. The zero-order chi connectivity index (χ0) is 6.69. The Hall–Kier alpha value is -1.03. The molecule has 0 bridgehead atoms. The molecule has 0 amide bonds. The number of nitroso groups, excluding NO2 is 1. The summed E-state index contributed by atoms with van der Waals surface area (Å²) >= 11 is 0. The largest absolute Gasteiger partial charge is 0.341 e. The monoisotopic (exact) mass is 127 g/mol. The van der Waals surface area contributed by atoms with Crippen molar-refractivity contribution in [2.75, 3.05) is 6.61 Å². The normalized spacial score (nSPS) is 26.2. The Kier molecular flexibility index (Phi) is 1.69. The molecule has 0 aromatic carbocycles. The predicted octanol–water partition coefficient (Wildman–Crippen LogP) is 0.234. The van der Waals surface area contributed by atoms with Crippen LogP contribution in [-0.2, 0) is 9.53 Å². The minimum Gasteiger partial charge on any atom is -0.341 e. The second-order valence-electron chi connectivity index (χ2n) is 1.63. The summed E-state index contributed by atoms with van der Waals surface area (Å²) in [6.07, 6.45) is 1.87. The third-order valence-electron chi connectivity index (χ3n) is 0.947.